The summed E-state index contributed by atoms with van der Waals surface area (Å²) in [7, 11) is 1.81. The van der Waals surface area contributed by atoms with Crippen LogP contribution in [0, 0.1) is 12.7 Å². The van der Waals surface area contributed by atoms with Crippen molar-refractivity contribution in [3.8, 4) is 0 Å². The number of rotatable bonds is 2. The molecule has 1 aromatic heterocycles. The minimum Gasteiger partial charge on any atom is -0.319 e. The van der Waals surface area contributed by atoms with Crippen LogP contribution in [0.4, 0.5) is 4.39 Å². The first-order valence-electron chi connectivity index (χ1n) is 5.09. The first kappa shape index (κ1) is 10.8. The summed E-state index contributed by atoms with van der Waals surface area (Å²) in [5.74, 6) is -0.288. The standard InChI is InChI=1S/C12H14FN3/c1-8-3-4-10(13)9(7-8)12(14)11-5-6-16(2)15-11/h3-7,12H,14H2,1-2H3. The average Bonchev–Trinajstić information content (AvgIpc) is 2.67. The van der Waals surface area contributed by atoms with E-state index in [1.165, 1.54) is 6.07 Å². The van der Waals surface area contributed by atoms with Crippen LogP contribution in [0.1, 0.15) is 22.9 Å². The zero-order valence-corrected chi connectivity index (χ0v) is 9.31. The van der Waals surface area contributed by atoms with E-state index in [1.807, 2.05) is 14.0 Å². The second kappa shape index (κ2) is 4.06. The molecule has 0 fully saturated rings. The molecule has 84 valence electrons. The fourth-order valence-corrected chi connectivity index (χ4v) is 1.66. The van der Waals surface area contributed by atoms with Gasteiger partial charge < -0.3 is 5.73 Å². The number of hydrogen-bond acceptors (Lipinski definition) is 2. The monoisotopic (exact) mass is 219 g/mol. The third kappa shape index (κ3) is 1.97. The summed E-state index contributed by atoms with van der Waals surface area (Å²) in [4.78, 5) is 0. The average molecular weight is 219 g/mol. The molecule has 2 rings (SSSR count). The van der Waals surface area contributed by atoms with Gasteiger partial charge in [-0.25, -0.2) is 4.39 Å². The highest BCUT2D eigenvalue weighted by Crippen LogP contribution is 2.21. The molecule has 2 aromatic rings. The topological polar surface area (TPSA) is 43.8 Å². The minimum atomic E-state index is -0.513. The van der Waals surface area contributed by atoms with Crippen molar-refractivity contribution in [3.05, 3.63) is 53.1 Å². The van der Waals surface area contributed by atoms with E-state index in [4.69, 9.17) is 5.73 Å². The first-order chi connectivity index (χ1) is 7.58. The zero-order valence-electron chi connectivity index (χ0n) is 9.31. The van der Waals surface area contributed by atoms with E-state index in [0.717, 1.165) is 5.56 Å². The van der Waals surface area contributed by atoms with Crippen molar-refractivity contribution in [2.75, 3.05) is 0 Å². The Bertz CT molecular complexity index is 505. The van der Waals surface area contributed by atoms with Crippen molar-refractivity contribution < 1.29 is 4.39 Å². The van der Waals surface area contributed by atoms with Crippen molar-refractivity contribution in [2.24, 2.45) is 12.8 Å². The molecular weight excluding hydrogens is 205 g/mol. The number of benzene rings is 1. The van der Waals surface area contributed by atoms with E-state index in [1.54, 1.807) is 29.1 Å². The van der Waals surface area contributed by atoms with Crippen molar-refractivity contribution in [3.63, 3.8) is 0 Å². The normalized spacial score (nSPS) is 12.8. The summed E-state index contributed by atoms with van der Waals surface area (Å²) < 4.78 is 15.3. The molecule has 1 heterocycles. The summed E-state index contributed by atoms with van der Waals surface area (Å²) >= 11 is 0. The largest absolute Gasteiger partial charge is 0.319 e. The Hall–Kier alpha value is -1.68. The molecule has 1 aromatic carbocycles. The van der Waals surface area contributed by atoms with Crippen LogP contribution in [-0.4, -0.2) is 9.78 Å². The van der Waals surface area contributed by atoms with Crippen molar-refractivity contribution in [2.45, 2.75) is 13.0 Å². The highest BCUT2D eigenvalue weighted by atomic mass is 19.1. The number of aryl methyl sites for hydroxylation is 2. The smallest absolute Gasteiger partial charge is 0.128 e. The molecule has 0 saturated carbocycles. The van der Waals surface area contributed by atoms with Crippen molar-refractivity contribution in [1.29, 1.82) is 0 Å². The molecule has 0 amide bonds. The van der Waals surface area contributed by atoms with E-state index in [-0.39, 0.29) is 5.82 Å². The molecule has 0 bridgehead atoms. The minimum absolute atomic E-state index is 0.288. The molecule has 0 aliphatic heterocycles. The van der Waals surface area contributed by atoms with E-state index < -0.39 is 6.04 Å². The van der Waals surface area contributed by atoms with Crippen LogP contribution >= 0.6 is 0 Å². The Labute approximate surface area is 93.7 Å². The molecule has 0 aliphatic rings. The number of nitrogens with zero attached hydrogens (tertiary/aromatic N) is 2. The zero-order chi connectivity index (χ0) is 11.7. The van der Waals surface area contributed by atoms with Gasteiger partial charge in [-0.05, 0) is 19.1 Å². The van der Waals surface area contributed by atoms with Gasteiger partial charge in [0.25, 0.3) is 0 Å². The fourth-order valence-electron chi connectivity index (χ4n) is 1.66. The van der Waals surface area contributed by atoms with Crippen LogP contribution in [0.3, 0.4) is 0 Å². The Kier molecular flexibility index (Phi) is 2.75. The van der Waals surface area contributed by atoms with Crippen LogP contribution in [0.5, 0.6) is 0 Å². The second-order valence-corrected chi connectivity index (χ2v) is 3.92. The highest BCUT2D eigenvalue weighted by Gasteiger charge is 2.15. The van der Waals surface area contributed by atoms with Gasteiger partial charge in [-0.1, -0.05) is 17.7 Å². The number of nitrogens with two attached hydrogens (primary N) is 1. The van der Waals surface area contributed by atoms with Gasteiger partial charge in [0.05, 0.1) is 11.7 Å². The molecule has 1 unspecified atom stereocenters. The van der Waals surface area contributed by atoms with Crippen molar-refractivity contribution >= 4 is 0 Å². The molecule has 1 atom stereocenters. The van der Waals surface area contributed by atoms with Crippen LogP contribution < -0.4 is 5.73 Å². The van der Waals surface area contributed by atoms with Gasteiger partial charge in [-0.2, -0.15) is 5.10 Å². The lowest BCUT2D eigenvalue weighted by Crippen LogP contribution is -2.14. The second-order valence-electron chi connectivity index (χ2n) is 3.92. The molecule has 0 spiro atoms. The van der Waals surface area contributed by atoms with E-state index in [0.29, 0.717) is 11.3 Å². The number of aromatic nitrogens is 2. The van der Waals surface area contributed by atoms with Crippen LogP contribution in [0.2, 0.25) is 0 Å². The summed E-state index contributed by atoms with van der Waals surface area (Å²) in [6, 6.07) is 6.21. The Balaban J connectivity index is 2.40. The summed E-state index contributed by atoms with van der Waals surface area (Å²) in [5.41, 5.74) is 8.13. The molecule has 0 aliphatic carbocycles. The van der Waals surface area contributed by atoms with Gasteiger partial charge in [-0.15, -0.1) is 0 Å². The molecule has 0 radical (unpaired) electrons. The predicted octanol–water partition coefficient (Wildman–Crippen LogP) is 1.92. The maximum atomic E-state index is 13.6. The van der Waals surface area contributed by atoms with Gasteiger partial charge in [0.2, 0.25) is 0 Å². The number of halogens is 1. The first-order valence-corrected chi connectivity index (χ1v) is 5.09. The predicted molar refractivity (Wildman–Crippen MR) is 60.4 cm³/mol. The van der Waals surface area contributed by atoms with Gasteiger partial charge in [-0.3, -0.25) is 4.68 Å². The maximum Gasteiger partial charge on any atom is 0.128 e. The van der Waals surface area contributed by atoms with Crippen LogP contribution in [0.25, 0.3) is 0 Å². The molecule has 4 heteroatoms. The van der Waals surface area contributed by atoms with Crippen molar-refractivity contribution in [1.82, 2.24) is 9.78 Å². The van der Waals surface area contributed by atoms with Crippen LogP contribution in [-0.2, 0) is 7.05 Å². The number of hydrogen-bond donors (Lipinski definition) is 1. The van der Waals surface area contributed by atoms with E-state index in [2.05, 4.69) is 5.10 Å². The van der Waals surface area contributed by atoms with Crippen LogP contribution in [0.15, 0.2) is 30.5 Å². The van der Waals surface area contributed by atoms with Gasteiger partial charge in [0.15, 0.2) is 0 Å². The summed E-state index contributed by atoms with van der Waals surface area (Å²) in [6.45, 7) is 1.91. The third-order valence-electron chi connectivity index (χ3n) is 2.54. The third-order valence-corrected chi connectivity index (χ3v) is 2.54. The quantitative estimate of drug-likeness (QED) is 0.838. The Morgan fingerprint density at radius 3 is 2.75 bits per heavy atom. The highest BCUT2D eigenvalue weighted by molar-refractivity contribution is 5.31. The molecule has 0 saturated heterocycles. The lowest BCUT2D eigenvalue weighted by atomic mass is 10.0. The molecule has 3 nitrogen and oxygen atoms in total. The molecule has 16 heavy (non-hydrogen) atoms. The summed E-state index contributed by atoms with van der Waals surface area (Å²) in [5, 5.41) is 4.18. The summed E-state index contributed by atoms with van der Waals surface area (Å²) in [6.07, 6.45) is 1.79. The van der Waals surface area contributed by atoms with Gasteiger partial charge >= 0.3 is 0 Å². The fraction of sp³-hybridized carbons (Fsp3) is 0.250. The lowest BCUT2D eigenvalue weighted by molar-refractivity contribution is 0.593. The molecular formula is C12H14FN3. The lowest BCUT2D eigenvalue weighted by Gasteiger charge is -2.11. The maximum absolute atomic E-state index is 13.6. The SMILES string of the molecule is Cc1ccc(F)c(C(N)c2ccn(C)n2)c1. The Morgan fingerprint density at radius 1 is 1.38 bits per heavy atom. The molecule has 2 N–H and O–H groups in total. The van der Waals surface area contributed by atoms with E-state index in [9.17, 15) is 4.39 Å². The Morgan fingerprint density at radius 2 is 2.12 bits per heavy atom. The van der Waals surface area contributed by atoms with Gasteiger partial charge in [0.1, 0.15) is 5.82 Å². The van der Waals surface area contributed by atoms with Gasteiger partial charge in [0, 0.05) is 18.8 Å². The van der Waals surface area contributed by atoms with E-state index >= 15 is 0 Å².